The first-order valence-electron chi connectivity index (χ1n) is 6.97. The van der Waals surface area contributed by atoms with E-state index in [1.807, 2.05) is 0 Å². The summed E-state index contributed by atoms with van der Waals surface area (Å²) in [5.74, 6) is -0.180. The molecule has 104 valence electrons. The highest BCUT2D eigenvalue weighted by atomic mass is 16.5. The lowest BCUT2D eigenvalue weighted by atomic mass is 9.70. The van der Waals surface area contributed by atoms with Crippen LogP contribution in [0.4, 0.5) is 0 Å². The molecule has 18 heavy (non-hydrogen) atoms. The van der Waals surface area contributed by atoms with E-state index in [2.05, 4.69) is 25.7 Å². The second-order valence-corrected chi connectivity index (χ2v) is 6.62. The normalized spacial score (nSPS) is 37.4. The lowest BCUT2D eigenvalue weighted by Gasteiger charge is -2.47. The Kier molecular flexibility index (Phi) is 3.97. The van der Waals surface area contributed by atoms with E-state index < -0.39 is 12.0 Å². The monoisotopic (exact) mass is 255 g/mol. The lowest BCUT2D eigenvalue weighted by Crippen LogP contribution is -2.57. The highest BCUT2D eigenvalue weighted by Gasteiger charge is 2.40. The van der Waals surface area contributed by atoms with Gasteiger partial charge in [-0.2, -0.15) is 0 Å². The largest absolute Gasteiger partial charge is 0.480 e. The van der Waals surface area contributed by atoms with Gasteiger partial charge in [-0.1, -0.05) is 20.8 Å². The maximum Gasteiger partial charge on any atom is 0.323 e. The van der Waals surface area contributed by atoms with Crippen molar-refractivity contribution in [2.75, 3.05) is 19.8 Å². The molecule has 2 fully saturated rings. The van der Waals surface area contributed by atoms with Crippen LogP contribution in [0.15, 0.2) is 0 Å². The van der Waals surface area contributed by atoms with Gasteiger partial charge < -0.3 is 9.84 Å². The van der Waals surface area contributed by atoms with E-state index in [4.69, 9.17) is 4.74 Å². The molecule has 0 spiro atoms. The van der Waals surface area contributed by atoms with Crippen LogP contribution in [-0.2, 0) is 9.53 Å². The van der Waals surface area contributed by atoms with Crippen molar-refractivity contribution >= 4 is 5.97 Å². The fraction of sp³-hybridized carbons (Fsp3) is 0.929. The van der Waals surface area contributed by atoms with Gasteiger partial charge in [-0.15, -0.1) is 0 Å². The van der Waals surface area contributed by atoms with Crippen molar-refractivity contribution in [2.24, 2.45) is 11.3 Å². The zero-order valence-corrected chi connectivity index (χ0v) is 11.7. The van der Waals surface area contributed by atoms with E-state index in [-0.39, 0.29) is 0 Å². The SMILES string of the molecule is CC1CC(C)(C)CCC1N1CCOCC1C(=O)O. The van der Waals surface area contributed by atoms with Crippen LogP contribution < -0.4 is 0 Å². The van der Waals surface area contributed by atoms with Gasteiger partial charge >= 0.3 is 5.97 Å². The number of carboxylic acid groups (broad SMARTS) is 1. The third-order valence-electron chi connectivity index (χ3n) is 4.53. The third kappa shape index (κ3) is 2.86. The zero-order valence-electron chi connectivity index (χ0n) is 11.7. The lowest BCUT2D eigenvalue weighted by molar-refractivity contribution is -0.153. The summed E-state index contributed by atoms with van der Waals surface area (Å²) in [4.78, 5) is 13.5. The summed E-state index contributed by atoms with van der Waals surface area (Å²) in [6, 6.07) is -0.0459. The van der Waals surface area contributed by atoms with Crippen LogP contribution in [-0.4, -0.2) is 47.8 Å². The molecular weight excluding hydrogens is 230 g/mol. The number of hydrogen-bond donors (Lipinski definition) is 1. The smallest absolute Gasteiger partial charge is 0.323 e. The molecule has 3 atom stereocenters. The van der Waals surface area contributed by atoms with Crippen molar-refractivity contribution < 1.29 is 14.6 Å². The van der Waals surface area contributed by atoms with Crippen molar-refractivity contribution in [3.8, 4) is 0 Å². The Labute approximate surface area is 109 Å². The molecule has 4 heteroatoms. The minimum atomic E-state index is -0.744. The van der Waals surface area contributed by atoms with Gasteiger partial charge in [0.15, 0.2) is 0 Å². The molecule has 1 aliphatic heterocycles. The molecule has 3 unspecified atom stereocenters. The second-order valence-electron chi connectivity index (χ2n) is 6.62. The van der Waals surface area contributed by atoms with Crippen molar-refractivity contribution in [3.63, 3.8) is 0 Å². The summed E-state index contributed by atoms with van der Waals surface area (Å²) in [5, 5.41) is 9.31. The number of aliphatic carboxylic acids is 1. The van der Waals surface area contributed by atoms with E-state index in [0.717, 1.165) is 13.0 Å². The van der Waals surface area contributed by atoms with Gasteiger partial charge in [-0.3, -0.25) is 9.69 Å². The Bertz CT molecular complexity index is 316. The quantitative estimate of drug-likeness (QED) is 0.820. The number of hydrogen-bond acceptors (Lipinski definition) is 3. The molecule has 2 aliphatic rings. The van der Waals surface area contributed by atoms with Gasteiger partial charge in [-0.25, -0.2) is 0 Å². The molecule has 0 aromatic heterocycles. The standard InChI is InChI=1S/C14H25NO3/c1-10-8-14(2,3)5-4-11(10)15-6-7-18-9-12(15)13(16)17/h10-12H,4-9H2,1-3H3,(H,16,17). The molecule has 2 rings (SSSR count). The van der Waals surface area contributed by atoms with Gasteiger partial charge in [0.25, 0.3) is 0 Å². The molecule has 1 saturated carbocycles. The number of carboxylic acids is 1. The molecule has 0 radical (unpaired) electrons. The minimum absolute atomic E-state index is 0.335. The summed E-state index contributed by atoms with van der Waals surface area (Å²) in [5.41, 5.74) is 0.404. The van der Waals surface area contributed by atoms with Crippen LogP contribution in [0.3, 0.4) is 0 Å². The van der Waals surface area contributed by atoms with Crippen LogP contribution in [0.25, 0.3) is 0 Å². The first kappa shape index (κ1) is 13.8. The number of rotatable bonds is 2. The Balaban J connectivity index is 2.07. The van der Waals surface area contributed by atoms with Crippen LogP contribution >= 0.6 is 0 Å². The van der Waals surface area contributed by atoms with Crippen LogP contribution in [0.2, 0.25) is 0 Å². The number of nitrogens with zero attached hydrogens (tertiary/aromatic N) is 1. The van der Waals surface area contributed by atoms with Crippen LogP contribution in [0.5, 0.6) is 0 Å². The van der Waals surface area contributed by atoms with Crippen molar-refractivity contribution in [1.82, 2.24) is 4.90 Å². The van der Waals surface area contributed by atoms with E-state index >= 15 is 0 Å². The topological polar surface area (TPSA) is 49.8 Å². The second kappa shape index (κ2) is 5.17. The van der Waals surface area contributed by atoms with Crippen molar-refractivity contribution in [3.05, 3.63) is 0 Å². The molecule has 0 aromatic carbocycles. The highest BCUT2D eigenvalue weighted by Crippen LogP contribution is 2.41. The Morgan fingerprint density at radius 3 is 2.78 bits per heavy atom. The molecule has 1 saturated heterocycles. The summed E-state index contributed by atoms with van der Waals surface area (Å²) in [6.07, 6.45) is 3.48. The van der Waals surface area contributed by atoms with Gasteiger partial charge in [0, 0.05) is 12.6 Å². The van der Waals surface area contributed by atoms with Crippen LogP contribution in [0.1, 0.15) is 40.0 Å². The summed E-state index contributed by atoms with van der Waals surface area (Å²) < 4.78 is 5.32. The predicted octanol–water partition coefficient (Wildman–Crippen LogP) is 1.99. The first-order valence-corrected chi connectivity index (χ1v) is 6.97. The van der Waals surface area contributed by atoms with Gasteiger partial charge in [0.05, 0.1) is 13.2 Å². The zero-order chi connectivity index (χ0) is 13.3. The number of morpholine rings is 1. The van der Waals surface area contributed by atoms with Crippen molar-refractivity contribution in [2.45, 2.75) is 52.1 Å². The number of ether oxygens (including phenoxy) is 1. The Morgan fingerprint density at radius 2 is 2.17 bits per heavy atom. The maximum atomic E-state index is 11.3. The van der Waals surface area contributed by atoms with Gasteiger partial charge in [0.2, 0.25) is 0 Å². The summed E-state index contributed by atoms with van der Waals surface area (Å²) >= 11 is 0. The summed E-state index contributed by atoms with van der Waals surface area (Å²) in [6.45, 7) is 8.64. The van der Waals surface area contributed by atoms with E-state index in [1.54, 1.807) is 0 Å². The molecule has 0 amide bonds. The average Bonchev–Trinajstić information content (AvgIpc) is 2.28. The number of carbonyl (C=O) groups is 1. The molecule has 0 bridgehead atoms. The van der Waals surface area contributed by atoms with Gasteiger partial charge in [0.1, 0.15) is 6.04 Å². The van der Waals surface area contributed by atoms with Crippen molar-refractivity contribution in [1.29, 1.82) is 0 Å². The highest BCUT2D eigenvalue weighted by molar-refractivity contribution is 5.73. The molecule has 4 nitrogen and oxygen atoms in total. The fourth-order valence-corrected chi connectivity index (χ4v) is 3.65. The Hall–Kier alpha value is -0.610. The fourth-order valence-electron chi connectivity index (χ4n) is 3.65. The third-order valence-corrected chi connectivity index (χ3v) is 4.53. The molecule has 1 aliphatic carbocycles. The van der Waals surface area contributed by atoms with E-state index in [1.165, 1.54) is 12.8 Å². The molecule has 1 heterocycles. The molecule has 0 aromatic rings. The first-order chi connectivity index (χ1) is 8.41. The maximum absolute atomic E-state index is 11.3. The van der Waals surface area contributed by atoms with E-state index in [9.17, 15) is 9.90 Å². The predicted molar refractivity (Wildman–Crippen MR) is 69.5 cm³/mol. The molecule has 1 N–H and O–H groups in total. The average molecular weight is 255 g/mol. The summed E-state index contributed by atoms with van der Waals surface area (Å²) in [7, 11) is 0. The molecular formula is C14H25NO3. The van der Waals surface area contributed by atoms with E-state index in [0.29, 0.717) is 30.6 Å². The Morgan fingerprint density at radius 1 is 1.44 bits per heavy atom. The van der Waals surface area contributed by atoms with Crippen LogP contribution in [0, 0.1) is 11.3 Å². The minimum Gasteiger partial charge on any atom is -0.480 e. The van der Waals surface area contributed by atoms with Gasteiger partial charge in [-0.05, 0) is 30.6 Å².